The van der Waals surface area contributed by atoms with Crippen LogP contribution >= 0.6 is 0 Å². The highest BCUT2D eigenvalue weighted by Gasteiger charge is 2.11. The lowest BCUT2D eigenvalue weighted by Crippen LogP contribution is -2.20. The predicted molar refractivity (Wildman–Crippen MR) is 75.9 cm³/mol. The Bertz CT molecular complexity index is 551. The maximum Gasteiger partial charge on any atom is 0.324 e. The van der Waals surface area contributed by atoms with Crippen molar-refractivity contribution in [3.63, 3.8) is 0 Å². The van der Waals surface area contributed by atoms with E-state index < -0.39 is 0 Å². The van der Waals surface area contributed by atoms with Gasteiger partial charge >= 0.3 is 12.0 Å². The first kappa shape index (κ1) is 13.9. The Labute approximate surface area is 117 Å². The lowest BCUT2D eigenvalue weighted by Gasteiger charge is -2.17. The zero-order valence-electron chi connectivity index (χ0n) is 11.7. The molecular weight excluding hydrogens is 258 g/mol. The molecule has 0 fully saturated rings. The number of aromatic nitrogens is 3. The second-order valence-electron chi connectivity index (χ2n) is 4.21. The minimum Gasteiger partial charge on any atom is -0.467 e. The van der Waals surface area contributed by atoms with E-state index in [4.69, 9.17) is 15.2 Å². The number of benzene rings is 1. The van der Waals surface area contributed by atoms with E-state index in [1.54, 1.807) is 0 Å². The van der Waals surface area contributed by atoms with E-state index >= 15 is 0 Å². The summed E-state index contributed by atoms with van der Waals surface area (Å²) in [7, 11) is 4.88. The quantitative estimate of drug-likeness (QED) is 0.818. The lowest BCUT2D eigenvalue weighted by molar-refractivity contribution is 0.340. The number of rotatable bonds is 5. The van der Waals surface area contributed by atoms with E-state index in [1.807, 2.05) is 36.2 Å². The van der Waals surface area contributed by atoms with Crippen molar-refractivity contribution in [3.8, 4) is 12.0 Å². The van der Waals surface area contributed by atoms with Crippen molar-refractivity contribution in [1.29, 1.82) is 0 Å². The highest BCUT2D eigenvalue weighted by molar-refractivity contribution is 5.41. The molecule has 0 aliphatic carbocycles. The molecule has 0 aliphatic rings. The standard InChI is InChI=1S/C13H17N5O2/c1-18(8-9-4-6-10(14)7-5-9)11-15-12(19-2)17-13(16-11)20-3/h4-7H,8,14H2,1-3H3. The van der Waals surface area contributed by atoms with Crippen molar-refractivity contribution in [2.24, 2.45) is 0 Å². The number of methoxy groups -OCH3 is 2. The zero-order chi connectivity index (χ0) is 14.5. The second kappa shape index (κ2) is 6.05. The Hall–Kier alpha value is -2.57. The van der Waals surface area contributed by atoms with Crippen molar-refractivity contribution in [3.05, 3.63) is 29.8 Å². The van der Waals surface area contributed by atoms with E-state index in [0.29, 0.717) is 12.5 Å². The van der Waals surface area contributed by atoms with Crippen LogP contribution in [0.4, 0.5) is 11.6 Å². The van der Waals surface area contributed by atoms with Gasteiger partial charge in [0.1, 0.15) is 0 Å². The van der Waals surface area contributed by atoms with Crippen LogP contribution in [0.15, 0.2) is 24.3 Å². The van der Waals surface area contributed by atoms with Gasteiger partial charge in [0.2, 0.25) is 5.95 Å². The summed E-state index contributed by atoms with van der Waals surface area (Å²) in [5, 5.41) is 0. The van der Waals surface area contributed by atoms with Crippen molar-refractivity contribution in [2.75, 3.05) is 31.9 Å². The molecule has 0 bridgehead atoms. The number of anilines is 2. The Balaban J connectivity index is 2.19. The molecule has 0 amide bonds. The second-order valence-corrected chi connectivity index (χ2v) is 4.21. The summed E-state index contributed by atoms with van der Waals surface area (Å²) in [6.07, 6.45) is 0. The van der Waals surface area contributed by atoms with Crippen molar-refractivity contribution < 1.29 is 9.47 Å². The Kier molecular flexibility index (Phi) is 4.19. The third-order valence-electron chi connectivity index (χ3n) is 2.69. The molecule has 0 aliphatic heterocycles. The summed E-state index contributed by atoms with van der Waals surface area (Å²) in [4.78, 5) is 14.2. The first-order chi connectivity index (χ1) is 9.62. The van der Waals surface area contributed by atoms with Crippen molar-refractivity contribution >= 4 is 11.6 Å². The zero-order valence-corrected chi connectivity index (χ0v) is 11.7. The van der Waals surface area contributed by atoms with Gasteiger partial charge in [-0.05, 0) is 17.7 Å². The number of nitrogens with zero attached hydrogens (tertiary/aromatic N) is 4. The molecular formula is C13H17N5O2. The van der Waals surface area contributed by atoms with Gasteiger partial charge in [-0.2, -0.15) is 9.97 Å². The topological polar surface area (TPSA) is 86.4 Å². The van der Waals surface area contributed by atoms with Gasteiger partial charge in [0.05, 0.1) is 14.2 Å². The maximum atomic E-state index is 5.66. The van der Waals surface area contributed by atoms with Gasteiger partial charge in [0.15, 0.2) is 0 Å². The molecule has 1 heterocycles. The Morgan fingerprint density at radius 1 is 1.00 bits per heavy atom. The van der Waals surface area contributed by atoms with E-state index in [1.165, 1.54) is 14.2 Å². The first-order valence-electron chi connectivity index (χ1n) is 6.02. The average Bonchev–Trinajstić information content (AvgIpc) is 2.48. The summed E-state index contributed by atoms with van der Waals surface area (Å²) in [5.74, 6) is 0.477. The van der Waals surface area contributed by atoms with Gasteiger partial charge in [-0.3, -0.25) is 0 Å². The first-order valence-corrected chi connectivity index (χ1v) is 6.02. The molecule has 7 nitrogen and oxygen atoms in total. The highest BCUT2D eigenvalue weighted by atomic mass is 16.5. The molecule has 0 saturated heterocycles. The van der Waals surface area contributed by atoms with Crippen LogP contribution in [-0.4, -0.2) is 36.2 Å². The van der Waals surface area contributed by atoms with E-state index in [9.17, 15) is 0 Å². The van der Waals surface area contributed by atoms with E-state index in [0.717, 1.165) is 11.3 Å². The fourth-order valence-electron chi connectivity index (χ4n) is 1.65. The van der Waals surface area contributed by atoms with Crippen LogP contribution in [0.1, 0.15) is 5.56 Å². The summed E-state index contributed by atoms with van der Waals surface area (Å²) >= 11 is 0. The Morgan fingerprint density at radius 2 is 1.55 bits per heavy atom. The van der Waals surface area contributed by atoms with Crippen LogP contribution in [0.2, 0.25) is 0 Å². The monoisotopic (exact) mass is 275 g/mol. The molecule has 106 valence electrons. The molecule has 2 N–H and O–H groups in total. The van der Waals surface area contributed by atoms with Gasteiger partial charge in [0, 0.05) is 19.3 Å². The summed E-state index contributed by atoms with van der Waals surface area (Å²) in [5.41, 5.74) is 7.50. The number of hydrogen-bond acceptors (Lipinski definition) is 7. The van der Waals surface area contributed by atoms with Crippen LogP contribution in [-0.2, 0) is 6.54 Å². The third-order valence-corrected chi connectivity index (χ3v) is 2.69. The largest absolute Gasteiger partial charge is 0.467 e. The van der Waals surface area contributed by atoms with Crippen LogP contribution < -0.4 is 20.1 Å². The minimum absolute atomic E-state index is 0.219. The van der Waals surface area contributed by atoms with Gasteiger partial charge in [-0.25, -0.2) is 0 Å². The molecule has 0 atom stereocenters. The molecule has 0 unspecified atom stereocenters. The molecule has 2 rings (SSSR count). The van der Waals surface area contributed by atoms with Crippen LogP contribution in [0.3, 0.4) is 0 Å². The maximum absolute atomic E-state index is 5.66. The molecule has 2 aromatic rings. The molecule has 0 radical (unpaired) electrons. The molecule has 1 aromatic heterocycles. The molecule has 20 heavy (non-hydrogen) atoms. The summed E-state index contributed by atoms with van der Waals surface area (Å²) in [6, 6.07) is 8.07. The van der Waals surface area contributed by atoms with Gasteiger partial charge < -0.3 is 20.1 Å². The SMILES string of the molecule is COc1nc(OC)nc(N(C)Cc2ccc(N)cc2)n1. The number of nitrogen functional groups attached to an aromatic ring is 1. The van der Waals surface area contributed by atoms with Crippen LogP contribution in [0, 0.1) is 0 Å². The summed E-state index contributed by atoms with van der Waals surface area (Å²) in [6.45, 7) is 0.636. The minimum atomic E-state index is 0.219. The van der Waals surface area contributed by atoms with Crippen LogP contribution in [0.25, 0.3) is 0 Å². The van der Waals surface area contributed by atoms with Gasteiger partial charge in [0.25, 0.3) is 0 Å². The van der Waals surface area contributed by atoms with Crippen LogP contribution in [0.5, 0.6) is 12.0 Å². The number of hydrogen-bond donors (Lipinski definition) is 1. The van der Waals surface area contributed by atoms with Crippen molar-refractivity contribution in [1.82, 2.24) is 15.0 Å². The molecule has 0 spiro atoms. The highest BCUT2D eigenvalue weighted by Crippen LogP contribution is 2.17. The fraction of sp³-hybridized carbons (Fsp3) is 0.308. The van der Waals surface area contributed by atoms with Gasteiger partial charge in [-0.15, -0.1) is 4.98 Å². The summed E-state index contributed by atoms with van der Waals surface area (Å²) < 4.78 is 10.1. The fourth-order valence-corrected chi connectivity index (χ4v) is 1.65. The third kappa shape index (κ3) is 3.25. The normalized spacial score (nSPS) is 10.2. The smallest absolute Gasteiger partial charge is 0.324 e. The number of nitrogens with two attached hydrogens (primary N) is 1. The van der Waals surface area contributed by atoms with E-state index in [-0.39, 0.29) is 12.0 Å². The number of ether oxygens (including phenoxy) is 2. The van der Waals surface area contributed by atoms with Crippen molar-refractivity contribution in [2.45, 2.75) is 6.54 Å². The molecule has 0 saturated carbocycles. The van der Waals surface area contributed by atoms with E-state index in [2.05, 4.69) is 15.0 Å². The molecule has 7 heteroatoms. The van der Waals surface area contributed by atoms with Gasteiger partial charge in [-0.1, -0.05) is 12.1 Å². The lowest BCUT2D eigenvalue weighted by atomic mass is 10.2. The predicted octanol–water partition coefficient (Wildman–Crippen LogP) is 1.11. The Morgan fingerprint density at radius 3 is 2.05 bits per heavy atom. The molecule has 1 aromatic carbocycles. The average molecular weight is 275 g/mol.